The van der Waals surface area contributed by atoms with Crippen LogP contribution in [0.5, 0.6) is 0 Å². The van der Waals surface area contributed by atoms with E-state index in [2.05, 4.69) is 55.7 Å². The number of aliphatic hydroxyl groups excluding tert-OH is 1. The highest BCUT2D eigenvalue weighted by molar-refractivity contribution is 9.10. The van der Waals surface area contributed by atoms with E-state index in [1.807, 2.05) is 0 Å². The highest BCUT2D eigenvalue weighted by Crippen LogP contribution is 2.17. The van der Waals surface area contributed by atoms with E-state index >= 15 is 0 Å². The molecule has 2 heterocycles. The molecule has 2 atom stereocenters. The number of nitrogens with one attached hydrogen (secondary N) is 2. The van der Waals surface area contributed by atoms with Crippen molar-refractivity contribution < 1.29 is 9.90 Å². The predicted octanol–water partition coefficient (Wildman–Crippen LogP) is 1.25. The van der Waals surface area contributed by atoms with Crippen LogP contribution in [-0.4, -0.2) is 53.7 Å². The van der Waals surface area contributed by atoms with Crippen LogP contribution in [0.25, 0.3) is 0 Å². The predicted molar refractivity (Wildman–Crippen MR) is 93.0 cm³/mol. The molecule has 3 N–H and O–H groups in total. The second-order valence-corrected chi connectivity index (χ2v) is 7.45. The Hall–Kier alpha value is -0.950. The summed E-state index contributed by atoms with van der Waals surface area (Å²) in [5, 5.41) is 15.7. The molecule has 2 saturated heterocycles. The van der Waals surface area contributed by atoms with Gasteiger partial charge in [-0.3, -0.25) is 9.69 Å². The van der Waals surface area contributed by atoms with Crippen LogP contribution in [0, 0.1) is 0 Å². The molecule has 2 aliphatic heterocycles. The maximum Gasteiger partial charge on any atom is 0.237 e. The third kappa shape index (κ3) is 4.76. The SMILES string of the molecule is O=C(NC1CCN(Cc2ccc(Br)cc2)CC1)C1CC(O)CN1. The van der Waals surface area contributed by atoms with Gasteiger partial charge in [0.25, 0.3) is 0 Å². The van der Waals surface area contributed by atoms with E-state index in [0.29, 0.717) is 13.0 Å². The first-order chi connectivity index (χ1) is 11.1. The summed E-state index contributed by atoms with van der Waals surface area (Å²) in [4.78, 5) is 14.6. The Balaban J connectivity index is 1.41. The van der Waals surface area contributed by atoms with Crippen LogP contribution in [-0.2, 0) is 11.3 Å². The summed E-state index contributed by atoms with van der Waals surface area (Å²) in [6.45, 7) is 3.48. The molecule has 0 radical (unpaired) electrons. The van der Waals surface area contributed by atoms with E-state index in [1.165, 1.54) is 5.56 Å². The van der Waals surface area contributed by atoms with Crippen LogP contribution in [0.15, 0.2) is 28.7 Å². The Bertz CT molecular complexity index is 529. The summed E-state index contributed by atoms with van der Waals surface area (Å²) in [5.74, 6) is 0.0351. The molecule has 1 aromatic carbocycles. The maximum absolute atomic E-state index is 12.2. The van der Waals surface area contributed by atoms with Gasteiger partial charge in [-0.1, -0.05) is 28.1 Å². The summed E-state index contributed by atoms with van der Waals surface area (Å²) < 4.78 is 1.10. The lowest BCUT2D eigenvalue weighted by molar-refractivity contribution is -0.124. The third-order valence-corrected chi connectivity index (χ3v) is 5.21. The summed E-state index contributed by atoms with van der Waals surface area (Å²) in [5.41, 5.74) is 1.32. The number of nitrogens with zero attached hydrogens (tertiary/aromatic N) is 1. The van der Waals surface area contributed by atoms with Gasteiger partial charge in [-0.25, -0.2) is 0 Å². The fraction of sp³-hybridized carbons (Fsp3) is 0.588. The first-order valence-corrected chi connectivity index (χ1v) is 9.08. The Kier molecular flexibility index (Phi) is 5.69. The highest BCUT2D eigenvalue weighted by Gasteiger charge is 2.30. The first-order valence-electron chi connectivity index (χ1n) is 8.29. The van der Waals surface area contributed by atoms with Crippen LogP contribution in [0.4, 0.5) is 0 Å². The van der Waals surface area contributed by atoms with Crippen molar-refractivity contribution >= 4 is 21.8 Å². The summed E-state index contributed by atoms with van der Waals surface area (Å²) in [7, 11) is 0. The quantitative estimate of drug-likeness (QED) is 0.734. The number of hydrogen-bond acceptors (Lipinski definition) is 4. The van der Waals surface area contributed by atoms with Crippen molar-refractivity contribution in [3.8, 4) is 0 Å². The van der Waals surface area contributed by atoms with Crippen molar-refractivity contribution in [1.82, 2.24) is 15.5 Å². The zero-order chi connectivity index (χ0) is 16.2. The third-order valence-electron chi connectivity index (χ3n) is 4.68. The molecular formula is C17H24BrN3O2. The maximum atomic E-state index is 12.2. The largest absolute Gasteiger partial charge is 0.392 e. The zero-order valence-corrected chi connectivity index (χ0v) is 14.8. The van der Waals surface area contributed by atoms with Crippen LogP contribution >= 0.6 is 15.9 Å². The minimum atomic E-state index is -0.390. The molecule has 3 rings (SSSR count). The van der Waals surface area contributed by atoms with Crippen molar-refractivity contribution in [2.75, 3.05) is 19.6 Å². The molecule has 2 aliphatic rings. The number of piperidine rings is 1. The van der Waals surface area contributed by atoms with Gasteiger partial charge < -0.3 is 15.7 Å². The highest BCUT2D eigenvalue weighted by atomic mass is 79.9. The number of hydrogen-bond donors (Lipinski definition) is 3. The topological polar surface area (TPSA) is 64.6 Å². The second-order valence-electron chi connectivity index (χ2n) is 6.54. The fourth-order valence-electron chi connectivity index (χ4n) is 3.30. The summed E-state index contributed by atoms with van der Waals surface area (Å²) >= 11 is 3.46. The Morgan fingerprint density at radius 3 is 2.61 bits per heavy atom. The van der Waals surface area contributed by atoms with Crippen molar-refractivity contribution in [3.05, 3.63) is 34.3 Å². The Morgan fingerprint density at radius 2 is 2.00 bits per heavy atom. The summed E-state index contributed by atoms with van der Waals surface area (Å²) in [6, 6.07) is 8.47. The normalized spacial score (nSPS) is 26.3. The van der Waals surface area contributed by atoms with Crippen LogP contribution in [0.2, 0.25) is 0 Å². The Labute approximate surface area is 145 Å². The van der Waals surface area contributed by atoms with Crippen molar-refractivity contribution in [3.63, 3.8) is 0 Å². The van der Waals surface area contributed by atoms with Gasteiger partial charge in [0.15, 0.2) is 0 Å². The van der Waals surface area contributed by atoms with E-state index in [1.54, 1.807) is 0 Å². The average Bonchev–Trinajstić information content (AvgIpc) is 2.98. The fourth-order valence-corrected chi connectivity index (χ4v) is 3.57. The van der Waals surface area contributed by atoms with Gasteiger partial charge in [0.1, 0.15) is 0 Å². The smallest absolute Gasteiger partial charge is 0.237 e. The molecule has 0 saturated carbocycles. The standard InChI is InChI=1S/C17H24BrN3O2/c18-13-3-1-12(2-4-13)11-21-7-5-14(6-8-21)20-17(23)16-9-15(22)10-19-16/h1-4,14-16,19,22H,5-11H2,(H,20,23). The molecule has 5 nitrogen and oxygen atoms in total. The van der Waals surface area contributed by atoms with Gasteiger partial charge >= 0.3 is 0 Å². The van der Waals surface area contributed by atoms with Crippen LogP contribution in [0.1, 0.15) is 24.8 Å². The molecule has 1 aromatic rings. The molecule has 126 valence electrons. The van der Waals surface area contributed by atoms with Crippen LogP contribution < -0.4 is 10.6 Å². The number of benzene rings is 1. The molecular weight excluding hydrogens is 358 g/mol. The number of halogens is 1. The van der Waals surface area contributed by atoms with E-state index in [0.717, 1.165) is 36.9 Å². The van der Waals surface area contributed by atoms with Gasteiger partial charge in [-0.2, -0.15) is 0 Å². The zero-order valence-electron chi connectivity index (χ0n) is 13.2. The number of aliphatic hydroxyl groups is 1. The molecule has 6 heteroatoms. The van der Waals surface area contributed by atoms with Gasteiger partial charge in [0.2, 0.25) is 5.91 Å². The van der Waals surface area contributed by atoms with E-state index in [9.17, 15) is 9.90 Å². The van der Waals surface area contributed by atoms with E-state index in [-0.39, 0.29) is 18.0 Å². The Morgan fingerprint density at radius 1 is 1.30 bits per heavy atom. The van der Waals surface area contributed by atoms with E-state index < -0.39 is 6.10 Å². The van der Waals surface area contributed by atoms with Crippen molar-refractivity contribution in [1.29, 1.82) is 0 Å². The van der Waals surface area contributed by atoms with Gasteiger partial charge in [-0.15, -0.1) is 0 Å². The molecule has 23 heavy (non-hydrogen) atoms. The average molecular weight is 382 g/mol. The molecule has 0 bridgehead atoms. The van der Waals surface area contributed by atoms with Gasteiger partial charge in [0, 0.05) is 36.7 Å². The molecule has 2 unspecified atom stereocenters. The lowest BCUT2D eigenvalue weighted by Crippen LogP contribution is -2.49. The molecule has 0 aliphatic carbocycles. The van der Waals surface area contributed by atoms with Gasteiger partial charge in [-0.05, 0) is 37.0 Å². The molecule has 0 aromatic heterocycles. The van der Waals surface area contributed by atoms with E-state index in [4.69, 9.17) is 0 Å². The first kappa shape index (κ1) is 16.9. The number of carbonyl (C=O) groups is 1. The molecule has 1 amide bonds. The lowest BCUT2D eigenvalue weighted by Gasteiger charge is -2.32. The lowest BCUT2D eigenvalue weighted by atomic mass is 10.0. The van der Waals surface area contributed by atoms with Crippen molar-refractivity contribution in [2.45, 2.75) is 44.0 Å². The summed E-state index contributed by atoms with van der Waals surface area (Å²) in [6.07, 6.45) is 2.10. The number of amides is 1. The minimum absolute atomic E-state index is 0.0351. The number of carbonyl (C=O) groups excluding carboxylic acids is 1. The van der Waals surface area contributed by atoms with Gasteiger partial charge in [0.05, 0.1) is 12.1 Å². The van der Waals surface area contributed by atoms with Crippen LogP contribution in [0.3, 0.4) is 0 Å². The number of rotatable bonds is 4. The van der Waals surface area contributed by atoms with Crippen molar-refractivity contribution in [2.24, 2.45) is 0 Å². The molecule has 0 spiro atoms. The molecule has 2 fully saturated rings. The monoisotopic (exact) mass is 381 g/mol. The number of likely N-dealkylation sites (tertiary alicyclic amines) is 1. The number of β-amino-alcohol motifs (C(OH)–C–C–N with tert-alkyl or cyclic N) is 1. The second kappa shape index (κ2) is 7.75. The minimum Gasteiger partial charge on any atom is -0.392 e.